The van der Waals surface area contributed by atoms with Gasteiger partial charge in [0.15, 0.2) is 0 Å². The second-order valence-corrected chi connectivity index (χ2v) is 3.85. The summed E-state index contributed by atoms with van der Waals surface area (Å²) in [5.74, 6) is 0. The second kappa shape index (κ2) is 5.09. The first-order chi connectivity index (χ1) is 7.79. The first kappa shape index (κ1) is 11.1. The van der Waals surface area contributed by atoms with Crippen LogP contribution >= 0.6 is 11.6 Å². The summed E-state index contributed by atoms with van der Waals surface area (Å²) < 4.78 is 1.74. The minimum Gasteiger partial charge on any atom is -0.311 e. The van der Waals surface area contributed by atoms with Crippen molar-refractivity contribution in [3.63, 3.8) is 0 Å². The minimum absolute atomic E-state index is 0.719. The van der Waals surface area contributed by atoms with E-state index >= 15 is 0 Å². The average Bonchev–Trinajstić information content (AvgIpc) is 2.76. The van der Waals surface area contributed by atoms with Crippen LogP contribution < -0.4 is 5.32 Å². The van der Waals surface area contributed by atoms with Crippen LogP contribution in [0.25, 0.3) is 5.69 Å². The first-order valence-corrected chi connectivity index (χ1v) is 5.55. The summed E-state index contributed by atoms with van der Waals surface area (Å²) >= 11 is 5.82. The van der Waals surface area contributed by atoms with Gasteiger partial charge in [0.1, 0.15) is 0 Å². The molecule has 1 aromatic carbocycles. The fraction of sp³-hybridized carbons (Fsp3) is 0.273. The monoisotopic (exact) mass is 236 g/mol. The number of nitrogens with one attached hydrogen (secondary N) is 1. The highest BCUT2D eigenvalue weighted by Crippen LogP contribution is 2.12. The molecular weight excluding hydrogens is 224 g/mol. The Morgan fingerprint density at radius 1 is 1.31 bits per heavy atom. The van der Waals surface area contributed by atoms with Crippen molar-refractivity contribution in [2.24, 2.45) is 0 Å². The molecule has 1 heterocycles. The normalized spacial score (nSPS) is 10.6. The lowest BCUT2D eigenvalue weighted by molar-refractivity contribution is 0.705. The third-order valence-corrected chi connectivity index (χ3v) is 2.44. The van der Waals surface area contributed by atoms with Gasteiger partial charge in [-0.05, 0) is 30.8 Å². The molecule has 0 atom stereocenters. The molecule has 0 fully saturated rings. The fourth-order valence-electron chi connectivity index (χ4n) is 1.35. The van der Waals surface area contributed by atoms with E-state index in [9.17, 15) is 0 Å². The van der Waals surface area contributed by atoms with E-state index in [4.69, 9.17) is 11.6 Å². The van der Waals surface area contributed by atoms with Gasteiger partial charge in [0.25, 0.3) is 0 Å². The summed E-state index contributed by atoms with van der Waals surface area (Å²) in [4.78, 5) is 0. The number of aromatic nitrogens is 3. The fourth-order valence-corrected chi connectivity index (χ4v) is 1.48. The summed E-state index contributed by atoms with van der Waals surface area (Å²) in [6, 6.07) is 7.49. The van der Waals surface area contributed by atoms with Crippen LogP contribution in [0.3, 0.4) is 0 Å². The molecule has 2 rings (SSSR count). The van der Waals surface area contributed by atoms with Crippen LogP contribution in [-0.2, 0) is 6.54 Å². The van der Waals surface area contributed by atoms with Gasteiger partial charge < -0.3 is 5.32 Å². The predicted molar refractivity (Wildman–Crippen MR) is 63.7 cm³/mol. The Balaban J connectivity index is 2.15. The van der Waals surface area contributed by atoms with Crippen molar-refractivity contribution in [2.75, 3.05) is 6.54 Å². The van der Waals surface area contributed by atoms with Gasteiger partial charge in [-0.1, -0.05) is 23.7 Å². The lowest BCUT2D eigenvalue weighted by Crippen LogP contribution is -2.11. The average molecular weight is 237 g/mol. The van der Waals surface area contributed by atoms with E-state index in [1.165, 1.54) is 0 Å². The molecule has 16 heavy (non-hydrogen) atoms. The third kappa shape index (κ3) is 2.59. The van der Waals surface area contributed by atoms with Crippen molar-refractivity contribution in [3.05, 3.63) is 41.2 Å². The van der Waals surface area contributed by atoms with Crippen molar-refractivity contribution in [1.29, 1.82) is 0 Å². The van der Waals surface area contributed by atoms with Gasteiger partial charge in [0, 0.05) is 11.6 Å². The van der Waals surface area contributed by atoms with E-state index in [0.29, 0.717) is 0 Å². The lowest BCUT2D eigenvalue weighted by atomic mass is 10.3. The Hall–Kier alpha value is -1.39. The Kier molecular flexibility index (Phi) is 3.54. The van der Waals surface area contributed by atoms with E-state index in [0.717, 1.165) is 29.5 Å². The maximum absolute atomic E-state index is 5.82. The van der Waals surface area contributed by atoms with Gasteiger partial charge in [-0.25, -0.2) is 4.68 Å². The number of hydrogen-bond donors (Lipinski definition) is 1. The number of hydrogen-bond acceptors (Lipinski definition) is 3. The van der Waals surface area contributed by atoms with E-state index in [-0.39, 0.29) is 0 Å². The maximum Gasteiger partial charge on any atom is 0.0969 e. The zero-order valence-corrected chi connectivity index (χ0v) is 9.78. The smallest absolute Gasteiger partial charge is 0.0969 e. The highest BCUT2D eigenvalue weighted by Gasteiger charge is 2.01. The highest BCUT2D eigenvalue weighted by atomic mass is 35.5. The molecule has 0 aliphatic carbocycles. The molecule has 5 heteroatoms. The quantitative estimate of drug-likeness (QED) is 0.884. The number of rotatable bonds is 4. The van der Waals surface area contributed by atoms with Gasteiger partial charge in [0.05, 0.1) is 17.6 Å². The number of halogens is 1. The molecule has 1 aromatic heterocycles. The molecule has 0 radical (unpaired) electrons. The van der Waals surface area contributed by atoms with Crippen LogP contribution in [-0.4, -0.2) is 21.5 Å². The zero-order valence-electron chi connectivity index (χ0n) is 9.02. The maximum atomic E-state index is 5.82. The predicted octanol–water partition coefficient (Wildman–Crippen LogP) is 2.03. The van der Waals surface area contributed by atoms with Crippen LogP contribution in [0.15, 0.2) is 30.5 Å². The number of benzene rings is 1. The van der Waals surface area contributed by atoms with Crippen molar-refractivity contribution in [3.8, 4) is 5.69 Å². The molecule has 0 aliphatic heterocycles. The van der Waals surface area contributed by atoms with Gasteiger partial charge in [0.2, 0.25) is 0 Å². The second-order valence-electron chi connectivity index (χ2n) is 3.41. The minimum atomic E-state index is 0.719. The van der Waals surface area contributed by atoms with Crippen molar-refractivity contribution >= 4 is 11.6 Å². The third-order valence-electron chi connectivity index (χ3n) is 2.19. The van der Waals surface area contributed by atoms with Gasteiger partial charge in [-0.2, -0.15) is 0 Å². The SMILES string of the molecule is CCNCc1cn(-c2ccc(Cl)cc2)nn1. The Labute approximate surface area is 99.2 Å². The summed E-state index contributed by atoms with van der Waals surface area (Å²) in [5, 5.41) is 12.0. The lowest BCUT2D eigenvalue weighted by Gasteiger charge is -1.99. The molecule has 4 nitrogen and oxygen atoms in total. The van der Waals surface area contributed by atoms with Crippen molar-refractivity contribution in [2.45, 2.75) is 13.5 Å². The molecule has 0 saturated carbocycles. The molecule has 2 aromatic rings. The van der Waals surface area contributed by atoms with Gasteiger partial charge in [-0.3, -0.25) is 0 Å². The van der Waals surface area contributed by atoms with E-state index in [1.54, 1.807) is 4.68 Å². The Bertz CT molecular complexity index is 449. The van der Waals surface area contributed by atoms with Crippen LogP contribution in [0, 0.1) is 0 Å². The molecule has 0 bridgehead atoms. The van der Waals surface area contributed by atoms with Crippen LogP contribution in [0.2, 0.25) is 5.02 Å². The van der Waals surface area contributed by atoms with E-state index in [1.807, 2.05) is 30.5 Å². The van der Waals surface area contributed by atoms with E-state index < -0.39 is 0 Å². The summed E-state index contributed by atoms with van der Waals surface area (Å²) in [5.41, 5.74) is 1.89. The molecule has 84 valence electrons. The van der Waals surface area contributed by atoms with Crippen molar-refractivity contribution in [1.82, 2.24) is 20.3 Å². The molecular formula is C11H13ClN4. The first-order valence-electron chi connectivity index (χ1n) is 5.17. The Morgan fingerprint density at radius 3 is 2.75 bits per heavy atom. The largest absolute Gasteiger partial charge is 0.311 e. The molecule has 1 N–H and O–H groups in total. The Morgan fingerprint density at radius 2 is 2.06 bits per heavy atom. The summed E-state index contributed by atoms with van der Waals surface area (Å²) in [7, 11) is 0. The standard InChI is InChI=1S/C11H13ClN4/c1-2-13-7-10-8-16(15-14-10)11-5-3-9(12)4-6-11/h3-6,8,13H,2,7H2,1H3. The van der Waals surface area contributed by atoms with E-state index in [2.05, 4.69) is 22.6 Å². The van der Waals surface area contributed by atoms with Crippen molar-refractivity contribution < 1.29 is 0 Å². The molecule has 0 spiro atoms. The molecule has 0 unspecified atom stereocenters. The molecule has 0 aliphatic rings. The molecule has 0 saturated heterocycles. The summed E-state index contributed by atoms with van der Waals surface area (Å²) in [6.45, 7) is 3.72. The van der Waals surface area contributed by atoms with Crippen LogP contribution in [0.4, 0.5) is 0 Å². The highest BCUT2D eigenvalue weighted by molar-refractivity contribution is 6.30. The van der Waals surface area contributed by atoms with Gasteiger partial charge >= 0.3 is 0 Å². The van der Waals surface area contributed by atoms with Gasteiger partial charge in [-0.15, -0.1) is 5.10 Å². The summed E-state index contributed by atoms with van der Waals surface area (Å²) in [6.07, 6.45) is 1.91. The molecule has 0 amide bonds. The van der Waals surface area contributed by atoms with Crippen LogP contribution in [0.1, 0.15) is 12.6 Å². The zero-order chi connectivity index (χ0) is 11.4. The number of nitrogens with zero attached hydrogens (tertiary/aromatic N) is 3. The van der Waals surface area contributed by atoms with Crippen LogP contribution in [0.5, 0.6) is 0 Å². The topological polar surface area (TPSA) is 42.7 Å².